The van der Waals surface area contributed by atoms with Crippen LogP contribution in [0, 0.1) is 13.8 Å². The van der Waals surface area contributed by atoms with Crippen LogP contribution in [0.15, 0.2) is 60.2 Å². The number of aliphatic hydroxyl groups excluding tert-OH is 1. The molecule has 3 aromatic carbocycles. The normalized spacial score (nSPS) is 18.1. The third kappa shape index (κ3) is 4.28. The first-order valence-corrected chi connectivity index (χ1v) is 13.5. The summed E-state index contributed by atoms with van der Waals surface area (Å²) in [6.45, 7) is 7.12. The molecule has 39 heavy (non-hydrogen) atoms. The Balaban J connectivity index is 1.55. The average molecular weight is 543 g/mol. The first kappa shape index (κ1) is 24.9. The molecule has 4 aromatic rings. The largest absolute Gasteiger partial charge is 0.507 e. The summed E-state index contributed by atoms with van der Waals surface area (Å²) in [5.74, 6) is -0.232. The minimum Gasteiger partial charge on any atom is -0.507 e. The van der Waals surface area contributed by atoms with Crippen molar-refractivity contribution in [2.45, 2.75) is 26.8 Å². The number of nitrogens with zero attached hydrogens (tertiary/aromatic N) is 2. The van der Waals surface area contributed by atoms with Crippen LogP contribution in [-0.2, 0) is 9.59 Å². The van der Waals surface area contributed by atoms with Crippen LogP contribution in [0.1, 0.15) is 35.2 Å². The number of Topliss-reactive ketones (excluding diaryl/α,β-unsaturated/α-hetero) is 1. The Labute approximate surface area is 229 Å². The van der Waals surface area contributed by atoms with Crippen molar-refractivity contribution >= 4 is 44.1 Å². The number of aliphatic hydroxyl groups is 1. The number of ether oxygens (including phenoxy) is 3. The molecule has 1 amide bonds. The van der Waals surface area contributed by atoms with Gasteiger partial charge in [0.25, 0.3) is 5.78 Å². The van der Waals surface area contributed by atoms with Gasteiger partial charge in [-0.15, -0.1) is 0 Å². The van der Waals surface area contributed by atoms with E-state index in [1.54, 1.807) is 30.3 Å². The quantitative estimate of drug-likeness (QED) is 0.196. The first-order chi connectivity index (χ1) is 18.9. The van der Waals surface area contributed by atoms with Gasteiger partial charge in [-0.25, -0.2) is 4.98 Å². The minimum atomic E-state index is -0.916. The van der Waals surface area contributed by atoms with E-state index in [-0.39, 0.29) is 11.3 Å². The van der Waals surface area contributed by atoms with Crippen LogP contribution < -0.4 is 19.1 Å². The molecule has 0 unspecified atom stereocenters. The van der Waals surface area contributed by atoms with E-state index in [0.717, 1.165) is 21.3 Å². The molecule has 0 saturated carbocycles. The molecular formula is C30H26N2O6S. The Morgan fingerprint density at radius 1 is 1.08 bits per heavy atom. The fourth-order valence-electron chi connectivity index (χ4n) is 5.09. The van der Waals surface area contributed by atoms with Gasteiger partial charge < -0.3 is 19.3 Å². The van der Waals surface area contributed by atoms with E-state index in [4.69, 9.17) is 19.2 Å². The number of fused-ring (bicyclic) bond motifs is 2. The number of anilines is 1. The van der Waals surface area contributed by atoms with Gasteiger partial charge in [0.15, 0.2) is 16.6 Å². The first-order valence-electron chi connectivity index (χ1n) is 12.7. The van der Waals surface area contributed by atoms with Gasteiger partial charge in [0.05, 0.1) is 28.4 Å². The number of benzene rings is 3. The topological polar surface area (TPSA) is 98.2 Å². The minimum absolute atomic E-state index is 0.0301. The second-order valence-corrected chi connectivity index (χ2v) is 10.5. The third-order valence-electron chi connectivity index (χ3n) is 6.77. The molecule has 1 aromatic heterocycles. The molecule has 0 spiro atoms. The zero-order valence-corrected chi connectivity index (χ0v) is 22.5. The molecule has 2 aliphatic heterocycles. The molecule has 2 aliphatic rings. The lowest BCUT2D eigenvalue weighted by atomic mass is 9.95. The van der Waals surface area contributed by atoms with E-state index in [2.05, 4.69) is 0 Å². The number of thiazole rings is 1. The van der Waals surface area contributed by atoms with Crippen molar-refractivity contribution < 1.29 is 28.9 Å². The Morgan fingerprint density at radius 2 is 1.87 bits per heavy atom. The second-order valence-electron chi connectivity index (χ2n) is 9.46. The highest BCUT2D eigenvalue weighted by Gasteiger charge is 2.48. The molecule has 1 N–H and O–H groups in total. The fourth-order valence-corrected chi connectivity index (χ4v) is 6.26. The van der Waals surface area contributed by atoms with E-state index in [1.165, 1.54) is 16.2 Å². The standard InChI is InChI=1S/C30H26N2O6S/c1-4-36-20-7-5-6-18(14-20)26-24(27(33)19-8-9-21-22(15-19)38-11-10-37-21)28(34)29(35)32(26)30-31-25-17(3)12-16(2)13-23(25)39-30/h5-9,12-15,26,33H,4,10-11H2,1-3H3/t26-/m0/s1. The number of hydrogen-bond donors (Lipinski definition) is 1. The van der Waals surface area contributed by atoms with Gasteiger partial charge in [-0.05, 0) is 73.9 Å². The molecule has 3 heterocycles. The Bertz CT molecular complexity index is 1670. The number of carbonyl (C=O) groups excluding carboxylic acids is 2. The van der Waals surface area contributed by atoms with Gasteiger partial charge >= 0.3 is 5.91 Å². The number of amides is 1. The van der Waals surface area contributed by atoms with Crippen LogP contribution in [0.3, 0.4) is 0 Å². The van der Waals surface area contributed by atoms with E-state index in [1.807, 2.05) is 45.0 Å². The average Bonchev–Trinajstić information content (AvgIpc) is 3.47. The fraction of sp³-hybridized carbons (Fsp3) is 0.233. The number of aryl methyl sites for hydroxylation is 2. The van der Waals surface area contributed by atoms with Gasteiger partial charge in [-0.2, -0.15) is 0 Å². The maximum atomic E-state index is 13.6. The summed E-state index contributed by atoms with van der Waals surface area (Å²) in [6.07, 6.45) is 0. The van der Waals surface area contributed by atoms with Crippen LogP contribution in [0.25, 0.3) is 16.0 Å². The van der Waals surface area contributed by atoms with Crippen LogP contribution in [0.4, 0.5) is 5.13 Å². The maximum absolute atomic E-state index is 13.6. The number of aromatic nitrogens is 1. The summed E-state index contributed by atoms with van der Waals surface area (Å²) in [4.78, 5) is 33.4. The lowest BCUT2D eigenvalue weighted by molar-refractivity contribution is -0.132. The number of rotatable bonds is 5. The van der Waals surface area contributed by atoms with Crippen molar-refractivity contribution in [3.63, 3.8) is 0 Å². The Kier molecular flexibility index (Phi) is 6.23. The van der Waals surface area contributed by atoms with E-state index >= 15 is 0 Å². The monoisotopic (exact) mass is 542 g/mol. The van der Waals surface area contributed by atoms with Gasteiger partial charge in [0, 0.05) is 5.56 Å². The van der Waals surface area contributed by atoms with Crippen molar-refractivity contribution in [2.24, 2.45) is 0 Å². The molecule has 1 fully saturated rings. The lowest BCUT2D eigenvalue weighted by Gasteiger charge is -2.23. The summed E-state index contributed by atoms with van der Waals surface area (Å²) < 4.78 is 17.9. The van der Waals surface area contributed by atoms with E-state index in [0.29, 0.717) is 53.3 Å². The highest BCUT2D eigenvalue weighted by Crippen LogP contribution is 2.46. The molecule has 1 atom stereocenters. The van der Waals surface area contributed by atoms with Gasteiger partial charge in [-0.3, -0.25) is 14.5 Å². The van der Waals surface area contributed by atoms with Gasteiger partial charge in [0.1, 0.15) is 24.7 Å². The van der Waals surface area contributed by atoms with Gasteiger partial charge in [0.2, 0.25) is 0 Å². The summed E-state index contributed by atoms with van der Waals surface area (Å²) in [5, 5.41) is 11.9. The summed E-state index contributed by atoms with van der Waals surface area (Å²) in [6, 6.07) is 15.3. The number of ketones is 1. The van der Waals surface area contributed by atoms with Crippen molar-refractivity contribution in [3.8, 4) is 17.2 Å². The van der Waals surface area contributed by atoms with Crippen molar-refractivity contribution in [1.29, 1.82) is 0 Å². The highest BCUT2D eigenvalue weighted by atomic mass is 32.1. The van der Waals surface area contributed by atoms with Crippen molar-refractivity contribution in [1.82, 2.24) is 4.98 Å². The van der Waals surface area contributed by atoms with Crippen molar-refractivity contribution in [3.05, 3.63) is 82.4 Å². The van der Waals surface area contributed by atoms with Gasteiger partial charge in [-0.1, -0.05) is 29.5 Å². The summed E-state index contributed by atoms with van der Waals surface area (Å²) >= 11 is 1.34. The zero-order chi connectivity index (χ0) is 27.3. The van der Waals surface area contributed by atoms with Crippen LogP contribution in [0.2, 0.25) is 0 Å². The van der Waals surface area contributed by atoms with Crippen LogP contribution in [-0.4, -0.2) is 41.6 Å². The Morgan fingerprint density at radius 3 is 2.67 bits per heavy atom. The molecule has 6 rings (SSSR count). The predicted molar refractivity (Wildman–Crippen MR) is 149 cm³/mol. The van der Waals surface area contributed by atoms with Crippen molar-refractivity contribution in [2.75, 3.05) is 24.7 Å². The zero-order valence-electron chi connectivity index (χ0n) is 21.7. The Hall–Kier alpha value is -4.37. The predicted octanol–water partition coefficient (Wildman–Crippen LogP) is 5.71. The molecule has 0 radical (unpaired) electrons. The van der Waals surface area contributed by atoms with Crippen LogP contribution >= 0.6 is 11.3 Å². The third-order valence-corrected chi connectivity index (χ3v) is 7.77. The van der Waals surface area contributed by atoms with E-state index in [9.17, 15) is 14.7 Å². The molecule has 1 saturated heterocycles. The molecule has 198 valence electrons. The van der Waals surface area contributed by atoms with Crippen LogP contribution in [0.5, 0.6) is 17.2 Å². The molecular weight excluding hydrogens is 516 g/mol. The molecule has 0 aliphatic carbocycles. The number of carbonyl (C=O) groups is 2. The summed E-state index contributed by atoms with van der Waals surface area (Å²) in [5.41, 5.74) is 3.77. The number of hydrogen-bond acceptors (Lipinski definition) is 8. The highest BCUT2D eigenvalue weighted by molar-refractivity contribution is 7.22. The smallest absolute Gasteiger partial charge is 0.301 e. The van der Waals surface area contributed by atoms with E-state index < -0.39 is 17.7 Å². The summed E-state index contributed by atoms with van der Waals surface area (Å²) in [7, 11) is 0. The molecule has 0 bridgehead atoms. The SMILES string of the molecule is CCOc1cccc([C@H]2C(=C(O)c3ccc4c(c3)OCCO4)C(=O)C(=O)N2c2nc3c(C)cc(C)cc3s2)c1. The maximum Gasteiger partial charge on any atom is 0.301 e. The molecule has 9 heteroatoms. The second kappa shape index (κ2) is 9.74. The molecule has 8 nitrogen and oxygen atoms in total. The lowest BCUT2D eigenvalue weighted by Crippen LogP contribution is -2.29.